The summed E-state index contributed by atoms with van der Waals surface area (Å²) in [5.74, 6) is 1.25. The highest BCUT2D eigenvalue weighted by molar-refractivity contribution is 6.19. The minimum atomic E-state index is 0.247. The van der Waals surface area contributed by atoms with E-state index in [1.54, 1.807) is 0 Å². The third kappa shape index (κ3) is 5.85. The molecule has 0 unspecified atom stereocenters. The fourth-order valence-electron chi connectivity index (χ4n) is 0.631. The fourth-order valence-corrected chi connectivity index (χ4v) is 0.800. The number of halogens is 1. The van der Waals surface area contributed by atoms with Gasteiger partial charge in [-0.15, -0.1) is 11.6 Å². The molecule has 0 saturated carbocycles. The van der Waals surface area contributed by atoms with Crippen LogP contribution in [0.25, 0.3) is 0 Å². The van der Waals surface area contributed by atoms with E-state index in [0.29, 0.717) is 12.3 Å². The Kier molecular flexibility index (Phi) is 5.84. The maximum atomic E-state index is 5.52. The van der Waals surface area contributed by atoms with Crippen LogP contribution in [0.2, 0.25) is 0 Å². The Morgan fingerprint density at radius 1 is 1.64 bits per heavy atom. The number of alkyl halides is 1. The average molecular weight is 176 g/mol. The lowest BCUT2D eigenvalue weighted by Gasteiger charge is -1.99. The lowest BCUT2D eigenvalue weighted by Crippen LogP contribution is -2.03. The molecule has 3 nitrogen and oxygen atoms in total. The largest absolute Gasteiger partial charge is 0.390 e. The Morgan fingerprint density at radius 2 is 2.27 bits per heavy atom. The lowest BCUT2D eigenvalue weighted by atomic mass is 10.4. The van der Waals surface area contributed by atoms with Crippen molar-refractivity contribution in [3.05, 3.63) is 0 Å². The molecule has 0 heterocycles. The van der Waals surface area contributed by atoms with E-state index in [4.69, 9.17) is 17.3 Å². The highest BCUT2D eigenvalue weighted by Gasteiger charge is 1.95. The van der Waals surface area contributed by atoms with Crippen LogP contribution in [0.5, 0.6) is 0 Å². The van der Waals surface area contributed by atoms with Gasteiger partial charge in [-0.25, -0.2) is 4.99 Å². The molecular weight excluding hydrogens is 162 g/mol. The van der Waals surface area contributed by atoms with Gasteiger partial charge in [-0.1, -0.05) is 0 Å². The average Bonchev–Trinajstić information content (AvgIpc) is 1.87. The smallest absolute Gasteiger partial charge is 0.126 e. The van der Waals surface area contributed by atoms with Crippen molar-refractivity contribution in [3.8, 4) is 0 Å². The molecule has 0 saturated heterocycles. The van der Waals surface area contributed by atoms with Gasteiger partial charge in [0.15, 0.2) is 0 Å². The van der Waals surface area contributed by atoms with E-state index in [1.807, 2.05) is 13.8 Å². The molecule has 2 N–H and O–H groups in total. The van der Waals surface area contributed by atoms with Crippen molar-refractivity contribution in [3.63, 3.8) is 0 Å². The van der Waals surface area contributed by atoms with E-state index in [-0.39, 0.29) is 6.04 Å². The van der Waals surface area contributed by atoms with E-state index < -0.39 is 0 Å². The molecular formula is C7H14ClN3. The van der Waals surface area contributed by atoms with Crippen LogP contribution in [0.4, 0.5) is 0 Å². The maximum Gasteiger partial charge on any atom is 0.126 e. The first-order valence-corrected chi connectivity index (χ1v) is 4.11. The van der Waals surface area contributed by atoms with Crippen LogP contribution in [-0.4, -0.2) is 24.1 Å². The fraction of sp³-hybridized carbons (Fsp3) is 0.714. The zero-order valence-electron chi connectivity index (χ0n) is 6.92. The van der Waals surface area contributed by atoms with Crippen molar-refractivity contribution in [1.29, 1.82) is 0 Å². The minimum absolute atomic E-state index is 0.247. The molecule has 0 aromatic rings. The molecule has 0 aliphatic carbocycles. The SMILES string of the molecule is CC(C)N=C(CCCl)N=CN. The van der Waals surface area contributed by atoms with Crippen LogP contribution in [0.15, 0.2) is 9.98 Å². The van der Waals surface area contributed by atoms with Gasteiger partial charge in [0.05, 0.1) is 6.34 Å². The van der Waals surface area contributed by atoms with E-state index in [2.05, 4.69) is 9.98 Å². The van der Waals surface area contributed by atoms with Crippen molar-refractivity contribution in [2.45, 2.75) is 26.3 Å². The van der Waals surface area contributed by atoms with E-state index in [1.165, 1.54) is 6.34 Å². The van der Waals surface area contributed by atoms with Gasteiger partial charge in [0.25, 0.3) is 0 Å². The Labute approximate surface area is 72.4 Å². The highest BCUT2D eigenvalue weighted by Crippen LogP contribution is 1.95. The molecule has 0 bridgehead atoms. The molecule has 11 heavy (non-hydrogen) atoms. The number of hydrogen-bond donors (Lipinski definition) is 1. The molecule has 0 aromatic heterocycles. The van der Waals surface area contributed by atoms with Gasteiger partial charge in [-0.05, 0) is 13.8 Å². The first-order valence-electron chi connectivity index (χ1n) is 3.57. The van der Waals surface area contributed by atoms with Crippen molar-refractivity contribution in [2.24, 2.45) is 15.7 Å². The summed E-state index contributed by atoms with van der Waals surface area (Å²) in [7, 11) is 0. The van der Waals surface area contributed by atoms with Crippen LogP contribution in [-0.2, 0) is 0 Å². The summed E-state index contributed by atoms with van der Waals surface area (Å²) >= 11 is 5.52. The lowest BCUT2D eigenvalue weighted by molar-refractivity contribution is 0.828. The number of nitrogens with zero attached hydrogens (tertiary/aromatic N) is 2. The molecule has 0 radical (unpaired) electrons. The van der Waals surface area contributed by atoms with Gasteiger partial charge in [0.2, 0.25) is 0 Å². The summed E-state index contributed by atoms with van der Waals surface area (Å²) in [5, 5.41) is 0. The summed E-state index contributed by atoms with van der Waals surface area (Å²) in [6, 6.07) is 0.247. The summed E-state index contributed by atoms with van der Waals surface area (Å²) in [4.78, 5) is 8.08. The molecule has 64 valence electrons. The molecule has 0 aliphatic heterocycles. The van der Waals surface area contributed by atoms with Crippen LogP contribution in [0.3, 0.4) is 0 Å². The Morgan fingerprint density at radius 3 is 2.64 bits per heavy atom. The van der Waals surface area contributed by atoms with E-state index in [0.717, 1.165) is 5.84 Å². The van der Waals surface area contributed by atoms with Gasteiger partial charge in [0.1, 0.15) is 5.84 Å². The number of hydrogen-bond acceptors (Lipinski definition) is 1. The van der Waals surface area contributed by atoms with Gasteiger partial charge < -0.3 is 5.73 Å². The Bertz CT molecular complexity index is 152. The number of nitrogens with two attached hydrogens (primary N) is 1. The predicted octanol–water partition coefficient (Wildman–Crippen LogP) is 1.41. The van der Waals surface area contributed by atoms with Crippen molar-refractivity contribution in [2.75, 3.05) is 5.88 Å². The second-order valence-corrected chi connectivity index (χ2v) is 2.73. The predicted molar refractivity (Wildman–Crippen MR) is 50.6 cm³/mol. The number of aliphatic imine (C=N–C) groups is 2. The topological polar surface area (TPSA) is 50.7 Å². The van der Waals surface area contributed by atoms with E-state index in [9.17, 15) is 0 Å². The third-order valence-electron chi connectivity index (χ3n) is 0.949. The quantitative estimate of drug-likeness (QED) is 0.394. The summed E-state index contributed by atoms with van der Waals surface area (Å²) < 4.78 is 0. The number of rotatable bonds is 3. The van der Waals surface area contributed by atoms with Crippen molar-refractivity contribution < 1.29 is 0 Å². The minimum Gasteiger partial charge on any atom is -0.390 e. The van der Waals surface area contributed by atoms with Crippen LogP contribution in [0, 0.1) is 0 Å². The van der Waals surface area contributed by atoms with Crippen LogP contribution < -0.4 is 5.73 Å². The first kappa shape index (κ1) is 10.4. The molecule has 0 aromatic carbocycles. The molecule has 0 atom stereocenters. The van der Waals surface area contributed by atoms with Crippen LogP contribution >= 0.6 is 11.6 Å². The van der Waals surface area contributed by atoms with Gasteiger partial charge >= 0.3 is 0 Å². The molecule has 0 spiro atoms. The standard InChI is InChI=1S/C7H14ClN3/c1-6(2)11-7(3-4-8)10-5-9/h5-6H,3-4H2,1-2H3,(H2,9,10,11). The second kappa shape index (κ2) is 6.16. The normalized spacial score (nSPS) is 13.3. The third-order valence-corrected chi connectivity index (χ3v) is 1.14. The Hall–Kier alpha value is -0.570. The first-order chi connectivity index (χ1) is 5.20. The number of amidine groups is 1. The monoisotopic (exact) mass is 175 g/mol. The van der Waals surface area contributed by atoms with Crippen LogP contribution in [0.1, 0.15) is 20.3 Å². The molecule has 4 heteroatoms. The van der Waals surface area contributed by atoms with Gasteiger partial charge in [-0.2, -0.15) is 0 Å². The summed E-state index contributed by atoms with van der Waals surface area (Å²) in [6.45, 7) is 3.97. The highest BCUT2D eigenvalue weighted by atomic mass is 35.5. The Balaban J connectivity index is 4.08. The summed E-state index contributed by atoms with van der Waals surface area (Å²) in [6.07, 6.45) is 1.92. The summed E-state index contributed by atoms with van der Waals surface area (Å²) in [5.41, 5.74) is 5.12. The molecule has 0 rings (SSSR count). The zero-order valence-corrected chi connectivity index (χ0v) is 7.67. The zero-order chi connectivity index (χ0) is 8.69. The van der Waals surface area contributed by atoms with Crippen molar-refractivity contribution >= 4 is 23.8 Å². The molecule has 0 fully saturated rings. The molecule has 0 aliphatic rings. The second-order valence-electron chi connectivity index (χ2n) is 2.36. The van der Waals surface area contributed by atoms with Gasteiger partial charge in [-0.3, -0.25) is 4.99 Å². The van der Waals surface area contributed by atoms with Gasteiger partial charge in [0, 0.05) is 18.3 Å². The van der Waals surface area contributed by atoms with Crippen molar-refractivity contribution in [1.82, 2.24) is 0 Å². The van der Waals surface area contributed by atoms with E-state index >= 15 is 0 Å². The molecule has 0 amide bonds. The maximum absolute atomic E-state index is 5.52.